The first kappa shape index (κ1) is 8.62. The van der Waals surface area contributed by atoms with Crippen LogP contribution in [0.3, 0.4) is 0 Å². The molecule has 0 aromatic carbocycles. The zero-order valence-corrected chi connectivity index (χ0v) is 6.36. The van der Waals surface area contributed by atoms with E-state index in [2.05, 4.69) is 5.32 Å². The third kappa shape index (κ3) is 5.49. The van der Waals surface area contributed by atoms with Gasteiger partial charge in [0.05, 0.1) is 0 Å². The normalized spacial score (nSPS) is 12.7. The Labute approximate surface area is 58.8 Å². The Morgan fingerprint density at radius 3 is 2.78 bits per heavy atom. The van der Waals surface area contributed by atoms with Crippen molar-refractivity contribution in [2.45, 2.75) is 13.0 Å². The van der Waals surface area contributed by atoms with Crippen LogP contribution in [0.2, 0.25) is 0 Å². The van der Waals surface area contributed by atoms with Crippen LogP contribution < -0.4 is 5.32 Å². The largest absolute Gasteiger partial charge is 0.465 e. The van der Waals surface area contributed by atoms with Gasteiger partial charge in [-0.2, -0.15) is 11.8 Å². The van der Waals surface area contributed by atoms with Gasteiger partial charge >= 0.3 is 6.09 Å². The molecule has 54 valence electrons. The predicted molar refractivity (Wildman–Crippen MR) is 39.0 cm³/mol. The summed E-state index contributed by atoms with van der Waals surface area (Å²) in [6.07, 6.45) is 0.997. The van der Waals surface area contributed by atoms with Crippen molar-refractivity contribution < 1.29 is 9.90 Å². The van der Waals surface area contributed by atoms with E-state index in [1.54, 1.807) is 11.8 Å². The summed E-state index contributed by atoms with van der Waals surface area (Å²) >= 11 is 1.63. The van der Waals surface area contributed by atoms with Crippen molar-refractivity contribution in [3.05, 3.63) is 0 Å². The molecule has 0 radical (unpaired) electrons. The predicted octanol–water partition coefficient (Wildman–Crippen LogP) is 1.01. The minimum atomic E-state index is -0.948. The molecule has 0 rings (SSSR count). The molecule has 0 spiro atoms. The Bertz CT molecular complexity index is 97.0. The lowest BCUT2D eigenvalue weighted by atomic mass is 10.4. The Morgan fingerprint density at radius 2 is 2.44 bits per heavy atom. The number of carboxylic acid groups (broad SMARTS) is 1. The van der Waals surface area contributed by atoms with Crippen LogP contribution >= 0.6 is 11.8 Å². The molecule has 0 aromatic heterocycles. The number of thioether (sulfide) groups is 1. The molecule has 0 bridgehead atoms. The van der Waals surface area contributed by atoms with Gasteiger partial charge in [-0.3, -0.25) is 0 Å². The van der Waals surface area contributed by atoms with Gasteiger partial charge in [0.2, 0.25) is 0 Å². The molecule has 0 aliphatic rings. The second kappa shape index (κ2) is 4.49. The van der Waals surface area contributed by atoms with Gasteiger partial charge in [-0.15, -0.1) is 0 Å². The Morgan fingerprint density at radius 1 is 1.89 bits per heavy atom. The fourth-order valence-corrected chi connectivity index (χ4v) is 1.09. The summed E-state index contributed by atoms with van der Waals surface area (Å²) in [5.41, 5.74) is 0. The van der Waals surface area contributed by atoms with Crippen LogP contribution in [-0.2, 0) is 0 Å². The molecule has 4 heteroatoms. The van der Waals surface area contributed by atoms with Crippen molar-refractivity contribution in [3.8, 4) is 0 Å². The van der Waals surface area contributed by atoms with Gasteiger partial charge in [-0.25, -0.2) is 4.79 Å². The highest BCUT2D eigenvalue weighted by Crippen LogP contribution is 1.94. The van der Waals surface area contributed by atoms with Gasteiger partial charge in [0.1, 0.15) is 0 Å². The summed E-state index contributed by atoms with van der Waals surface area (Å²) in [5, 5.41) is 10.5. The maximum Gasteiger partial charge on any atom is 0.404 e. The van der Waals surface area contributed by atoms with Crippen LogP contribution in [0, 0.1) is 0 Å². The van der Waals surface area contributed by atoms with E-state index in [9.17, 15) is 4.79 Å². The number of rotatable bonds is 3. The average molecular weight is 149 g/mol. The first-order chi connectivity index (χ1) is 4.16. The van der Waals surface area contributed by atoms with Gasteiger partial charge in [0.25, 0.3) is 0 Å². The number of carbonyl (C=O) groups is 1. The second-order valence-corrected chi connectivity index (χ2v) is 2.72. The molecule has 0 aromatic rings. The summed E-state index contributed by atoms with van der Waals surface area (Å²) in [4.78, 5) is 9.96. The fraction of sp³-hybridized carbons (Fsp3) is 0.800. The van der Waals surface area contributed by atoms with Crippen molar-refractivity contribution in [2.24, 2.45) is 0 Å². The Hall–Kier alpha value is -0.380. The van der Waals surface area contributed by atoms with Crippen molar-refractivity contribution in [3.63, 3.8) is 0 Å². The summed E-state index contributed by atoms with van der Waals surface area (Å²) < 4.78 is 0. The van der Waals surface area contributed by atoms with Gasteiger partial charge in [0, 0.05) is 11.8 Å². The van der Waals surface area contributed by atoms with Crippen LogP contribution in [0.25, 0.3) is 0 Å². The molecule has 0 saturated heterocycles. The molecule has 0 saturated carbocycles. The van der Waals surface area contributed by atoms with E-state index in [4.69, 9.17) is 5.11 Å². The molecule has 2 N–H and O–H groups in total. The highest BCUT2D eigenvalue weighted by molar-refractivity contribution is 7.98. The van der Waals surface area contributed by atoms with E-state index in [1.165, 1.54) is 0 Å². The highest BCUT2D eigenvalue weighted by atomic mass is 32.2. The molecule has 1 atom stereocenters. The standard InChI is InChI=1S/C5H11NO2S/c1-4(3-9-2)6-5(7)8/h4,6H,3H2,1-2H3,(H,7,8). The molecule has 1 amide bonds. The number of nitrogens with one attached hydrogen (secondary N) is 1. The Kier molecular flexibility index (Phi) is 4.30. The topological polar surface area (TPSA) is 49.3 Å². The zero-order chi connectivity index (χ0) is 7.28. The van der Waals surface area contributed by atoms with Crippen LogP contribution in [0.15, 0.2) is 0 Å². The number of amides is 1. The first-order valence-corrected chi connectivity index (χ1v) is 4.04. The number of hydrogen-bond acceptors (Lipinski definition) is 2. The lowest BCUT2D eigenvalue weighted by Crippen LogP contribution is -2.32. The van der Waals surface area contributed by atoms with Gasteiger partial charge in [0.15, 0.2) is 0 Å². The lowest BCUT2D eigenvalue weighted by molar-refractivity contribution is 0.192. The van der Waals surface area contributed by atoms with Crippen molar-refractivity contribution in [1.82, 2.24) is 5.32 Å². The SMILES string of the molecule is CSCC(C)NC(=O)O. The summed E-state index contributed by atoms with van der Waals surface area (Å²) in [6, 6.07) is 0.0532. The van der Waals surface area contributed by atoms with Crippen LogP contribution in [0.1, 0.15) is 6.92 Å². The van der Waals surface area contributed by atoms with Gasteiger partial charge in [-0.05, 0) is 13.2 Å². The monoisotopic (exact) mass is 149 g/mol. The lowest BCUT2D eigenvalue weighted by Gasteiger charge is -2.07. The Balaban J connectivity index is 3.26. The molecular weight excluding hydrogens is 138 g/mol. The van der Waals surface area contributed by atoms with E-state index in [0.717, 1.165) is 5.75 Å². The molecule has 3 nitrogen and oxygen atoms in total. The molecule has 0 fully saturated rings. The summed E-state index contributed by atoms with van der Waals surface area (Å²) in [5.74, 6) is 0.826. The van der Waals surface area contributed by atoms with E-state index >= 15 is 0 Å². The first-order valence-electron chi connectivity index (χ1n) is 2.65. The van der Waals surface area contributed by atoms with Gasteiger partial charge < -0.3 is 10.4 Å². The highest BCUT2D eigenvalue weighted by Gasteiger charge is 2.01. The number of hydrogen-bond donors (Lipinski definition) is 2. The van der Waals surface area contributed by atoms with Crippen molar-refractivity contribution in [2.75, 3.05) is 12.0 Å². The van der Waals surface area contributed by atoms with Crippen LogP contribution in [0.5, 0.6) is 0 Å². The van der Waals surface area contributed by atoms with Crippen LogP contribution in [0.4, 0.5) is 4.79 Å². The smallest absolute Gasteiger partial charge is 0.404 e. The molecule has 0 heterocycles. The quantitative estimate of drug-likeness (QED) is 0.629. The molecule has 1 unspecified atom stereocenters. The summed E-state index contributed by atoms with van der Waals surface area (Å²) in [6.45, 7) is 1.84. The van der Waals surface area contributed by atoms with E-state index in [1.807, 2.05) is 13.2 Å². The molecule has 9 heavy (non-hydrogen) atoms. The molecular formula is C5H11NO2S. The maximum atomic E-state index is 9.96. The molecule has 0 aliphatic carbocycles. The second-order valence-electron chi connectivity index (χ2n) is 1.81. The van der Waals surface area contributed by atoms with Crippen LogP contribution in [-0.4, -0.2) is 29.3 Å². The average Bonchev–Trinajstić information content (AvgIpc) is 1.63. The van der Waals surface area contributed by atoms with Crippen molar-refractivity contribution >= 4 is 17.9 Å². The van der Waals surface area contributed by atoms with E-state index in [-0.39, 0.29) is 6.04 Å². The zero-order valence-electron chi connectivity index (χ0n) is 5.55. The fourth-order valence-electron chi connectivity index (χ4n) is 0.502. The third-order valence-electron chi connectivity index (χ3n) is 0.787. The van der Waals surface area contributed by atoms with E-state index in [0.29, 0.717) is 0 Å². The molecule has 0 aliphatic heterocycles. The summed E-state index contributed by atoms with van der Waals surface area (Å²) in [7, 11) is 0. The third-order valence-corrected chi connectivity index (χ3v) is 1.62. The van der Waals surface area contributed by atoms with E-state index < -0.39 is 6.09 Å². The van der Waals surface area contributed by atoms with Crippen molar-refractivity contribution in [1.29, 1.82) is 0 Å². The minimum Gasteiger partial charge on any atom is -0.465 e. The maximum absolute atomic E-state index is 9.96. The minimum absolute atomic E-state index is 0.0532. The van der Waals surface area contributed by atoms with Gasteiger partial charge in [-0.1, -0.05) is 0 Å².